The number of ether oxygens (including phenoxy) is 1. The Morgan fingerprint density at radius 2 is 2.10 bits per heavy atom. The van der Waals surface area contributed by atoms with Gasteiger partial charge in [0, 0.05) is 11.8 Å². The van der Waals surface area contributed by atoms with Crippen LogP contribution in [0.2, 0.25) is 0 Å². The fourth-order valence-electron chi connectivity index (χ4n) is 3.11. The van der Waals surface area contributed by atoms with Crippen molar-refractivity contribution < 1.29 is 13.9 Å². The first-order chi connectivity index (χ1) is 14.0. The summed E-state index contributed by atoms with van der Waals surface area (Å²) in [6.45, 7) is 0.562. The van der Waals surface area contributed by atoms with Gasteiger partial charge < -0.3 is 10.1 Å². The Kier molecular flexibility index (Phi) is 5.62. The van der Waals surface area contributed by atoms with E-state index in [4.69, 9.17) is 4.74 Å². The molecule has 0 radical (unpaired) electrons. The molecule has 0 spiro atoms. The Hall–Kier alpha value is -2.74. The maximum Gasteiger partial charge on any atom is 0.260 e. The second-order valence-electron chi connectivity index (χ2n) is 7.14. The topological polar surface area (TPSA) is 69.0 Å². The third kappa shape index (κ3) is 4.82. The van der Waals surface area contributed by atoms with E-state index < -0.39 is 11.7 Å². The largest absolute Gasteiger partial charge is 0.497 e. The highest BCUT2D eigenvalue weighted by atomic mass is 79.9. The summed E-state index contributed by atoms with van der Waals surface area (Å²) in [6, 6.07) is 9.11. The van der Waals surface area contributed by atoms with Gasteiger partial charge in [-0.05, 0) is 64.9 Å². The van der Waals surface area contributed by atoms with Crippen LogP contribution in [0.15, 0.2) is 47.3 Å². The average Bonchev–Trinajstić information content (AvgIpc) is 3.46. The van der Waals surface area contributed by atoms with Crippen LogP contribution in [-0.4, -0.2) is 27.8 Å². The van der Waals surface area contributed by atoms with Gasteiger partial charge in [0.1, 0.15) is 10.4 Å². The van der Waals surface area contributed by atoms with Crippen LogP contribution < -0.4 is 10.1 Å². The molecule has 1 aliphatic rings. The van der Waals surface area contributed by atoms with Gasteiger partial charge in [0.05, 0.1) is 25.4 Å². The molecule has 29 heavy (non-hydrogen) atoms. The van der Waals surface area contributed by atoms with Gasteiger partial charge >= 0.3 is 0 Å². The third-order valence-corrected chi connectivity index (χ3v) is 5.28. The highest BCUT2D eigenvalue weighted by molar-refractivity contribution is 9.10. The Balaban J connectivity index is 1.56. The summed E-state index contributed by atoms with van der Waals surface area (Å²) in [5, 5.41) is 7.32. The highest BCUT2D eigenvalue weighted by Gasteiger charge is 2.25. The van der Waals surface area contributed by atoms with E-state index in [0.29, 0.717) is 22.9 Å². The minimum atomic E-state index is -0.674. The van der Waals surface area contributed by atoms with Gasteiger partial charge in [-0.2, -0.15) is 5.10 Å². The van der Waals surface area contributed by atoms with Gasteiger partial charge in [-0.25, -0.2) is 9.37 Å². The first-order valence-electron chi connectivity index (χ1n) is 9.33. The molecule has 150 valence electrons. The predicted molar refractivity (Wildman–Crippen MR) is 111 cm³/mol. The smallest absolute Gasteiger partial charge is 0.260 e. The standard InChI is InChI=1S/C21H20BrFN4O2/c1-29-16-6-4-14(5-7-16)11-27-12-15(8-13-2-3-13)20(26-27)25-21(28)17-9-19(22)24-10-18(17)23/h4-7,9-10,12-13H,2-3,8,11H2,1H3,(H,25,26,28). The summed E-state index contributed by atoms with van der Waals surface area (Å²) in [7, 11) is 1.63. The Morgan fingerprint density at radius 1 is 1.34 bits per heavy atom. The summed E-state index contributed by atoms with van der Waals surface area (Å²) in [6.07, 6.45) is 6.19. The molecule has 6 nitrogen and oxygen atoms in total. The van der Waals surface area contributed by atoms with Crippen LogP contribution in [0.4, 0.5) is 10.2 Å². The van der Waals surface area contributed by atoms with Gasteiger partial charge in [-0.3, -0.25) is 9.48 Å². The highest BCUT2D eigenvalue weighted by Crippen LogP contribution is 2.34. The lowest BCUT2D eigenvalue weighted by atomic mass is 10.1. The molecule has 1 saturated carbocycles. The summed E-state index contributed by atoms with van der Waals surface area (Å²) in [4.78, 5) is 16.4. The van der Waals surface area contributed by atoms with E-state index in [1.807, 2.05) is 30.5 Å². The van der Waals surface area contributed by atoms with E-state index in [9.17, 15) is 9.18 Å². The zero-order valence-electron chi connectivity index (χ0n) is 15.9. The van der Waals surface area contributed by atoms with Crippen molar-refractivity contribution in [1.29, 1.82) is 0 Å². The molecule has 3 aromatic rings. The number of nitrogens with one attached hydrogen (secondary N) is 1. The van der Waals surface area contributed by atoms with Crippen LogP contribution in [0, 0.1) is 11.7 Å². The minimum absolute atomic E-state index is 0.0750. The molecule has 0 unspecified atom stereocenters. The van der Waals surface area contributed by atoms with Gasteiger partial charge in [-0.1, -0.05) is 12.1 Å². The number of carbonyl (C=O) groups excluding carboxylic acids is 1. The molecule has 1 aromatic carbocycles. The number of hydrogen-bond acceptors (Lipinski definition) is 4. The molecule has 0 bridgehead atoms. The van der Waals surface area contributed by atoms with E-state index in [0.717, 1.165) is 29.5 Å². The van der Waals surface area contributed by atoms with Crippen molar-refractivity contribution in [3.63, 3.8) is 0 Å². The predicted octanol–water partition coefficient (Wildman–Crippen LogP) is 4.44. The van der Waals surface area contributed by atoms with Crippen molar-refractivity contribution in [2.45, 2.75) is 25.8 Å². The quantitative estimate of drug-likeness (QED) is 0.531. The Morgan fingerprint density at radius 3 is 2.79 bits per heavy atom. The second kappa shape index (κ2) is 8.32. The summed E-state index contributed by atoms with van der Waals surface area (Å²) in [5.74, 6) is 0.672. The van der Waals surface area contributed by atoms with Crippen LogP contribution in [-0.2, 0) is 13.0 Å². The number of aromatic nitrogens is 3. The van der Waals surface area contributed by atoms with Gasteiger partial charge in [0.15, 0.2) is 11.6 Å². The number of pyridine rings is 1. The Bertz CT molecular complexity index is 1030. The SMILES string of the molecule is COc1ccc(Cn2cc(CC3CC3)c(NC(=O)c3cc(Br)ncc3F)n2)cc1. The van der Waals surface area contributed by atoms with Crippen LogP contribution in [0.3, 0.4) is 0 Å². The van der Waals surface area contributed by atoms with Crippen molar-refractivity contribution in [2.75, 3.05) is 12.4 Å². The van der Waals surface area contributed by atoms with Crippen LogP contribution in [0.5, 0.6) is 5.75 Å². The lowest BCUT2D eigenvalue weighted by Crippen LogP contribution is -2.16. The van der Waals surface area contributed by atoms with Crippen molar-refractivity contribution in [1.82, 2.24) is 14.8 Å². The van der Waals surface area contributed by atoms with Crippen molar-refractivity contribution in [3.05, 3.63) is 69.8 Å². The van der Waals surface area contributed by atoms with E-state index in [2.05, 4.69) is 31.3 Å². The molecule has 1 N–H and O–H groups in total. The molecule has 4 rings (SSSR count). The number of rotatable bonds is 7. The summed E-state index contributed by atoms with van der Waals surface area (Å²) in [5.41, 5.74) is 1.95. The lowest BCUT2D eigenvalue weighted by Gasteiger charge is -2.06. The fourth-order valence-corrected chi connectivity index (χ4v) is 3.44. The summed E-state index contributed by atoms with van der Waals surface area (Å²) < 4.78 is 21.4. The first kappa shape index (κ1) is 19.6. The average molecular weight is 459 g/mol. The lowest BCUT2D eigenvalue weighted by molar-refractivity contribution is 0.102. The molecule has 8 heteroatoms. The fraction of sp³-hybridized carbons (Fsp3) is 0.286. The van der Waals surface area contributed by atoms with E-state index in [1.54, 1.807) is 11.8 Å². The maximum absolute atomic E-state index is 14.0. The van der Waals surface area contributed by atoms with E-state index in [-0.39, 0.29) is 5.56 Å². The molecular weight excluding hydrogens is 439 g/mol. The van der Waals surface area contributed by atoms with E-state index >= 15 is 0 Å². The maximum atomic E-state index is 14.0. The molecule has 1 fully saturated rings. The molecule has 1 amide bonds. The van der Waals surface area contributed by atoms with Crippen LogP contribution in [0.1, 0.15) is 34.3 Å². The molecule has 0 saturated heterocycles. The normalized spacial score (nSPS) is 13.3. The van der Waals surface area contributed by atoms with Gasteiger partial charge in [0.25, 0.3) is 5.91 Å². The number of halogens is 2. The molecule has 0 atom stereocenters. The number of hydrogen-bond donors (Lipinski definition) is 1. The third-order valence-electron chi connectivity index (χ3n) is 4.85. The molecule has 0 aliphatic heterocycles. The number of anilines is 1. The monoisotopic (exact) mass is 458 g/mol. The number of amides is 1. The zero-order valence-corrected chi connectivity index (χ0v) is 17.4. The number of nitrogens with zero attached hydrogens (tertiary/aromatic N) is 3. The van der Waals surface area contributed by atoms with Crippen molar-refractivity contribution in [2.24, 2.45) is 5.92 Å². The summed E-state index contributed by atoms with van der Waals surface area (Å²) >= 11 is 3.17. The van der Waals surface area contributed by atoms with Gasteiger partial charge in [-0.15, -0.1) is 0 Å². The minimum Gasteiger partial charge on any atom is -0.497 e. The van der Waals surface area contributed by atoms with Crippen LogP contribution >= 0.6 is 15.9 Å². The second-order valence-corrected chi connectivity index (χ2v) is 7.95. The molecule has 2 aromatic heterocycles. The molecular formula is C21H20BrFN4O2. The van der Waals surface area contributed by atoms with Crippen LogP contribution in [0.25, 0.3) is 0 Å². The number of carbonyl (C=O) groups is 1. The van der Waals surface area contributed by atoms with E-state index in [1.165, 1.54) is 18.9 Å². The van der Waals surface area contributed by atoms with Crippen molar-refractivity contribution >= 4 is 27.7 Å². The molecule has 1 aliphatic carbocycles. The number of methoxy groups -OCH3 is 1. The molecule has 2 heterocycles. The Labute approximate surface area is 176 Å². The zero-order chi connectivity index (χ0) is 20.4. The number of benzene rings is 1. The van der Waals surface area contributed by atoms with Crippen molar-refractivity contribution in [3.8, 4) is 5.75 Å². The van der Waals surface area contributed by atoms with Gasteiger partial charge in [0.2, 0.25) is 0 Å². The first-order valence-corrected chi connectivity index (χ1v) is 10.1.